The maximum Gasteiger partial charge on any atom is 0.267 e. The van der Waals surface area contributed by atoms with Gasteiger partial charge >= 0.3 is 0 Å². The van der Waals surface area contributed by atoms with Crippen LogP contribution in [0.15, 0.2) is 11.0 Å². The molecule has 2 rings (SSSR count). The van der Waals surface area contributed by atoms with Crippen LogP contribution in [-0.2, 0) is 17.1 Å². The highest BCUT2D eigenvalue weighted by Gasteiger charge is 2.25. The van der Waals surface area contributed by atoms with Gasteiger partial charge < -0.3 is 9.47 Å². The molecule has 1 N–H and O–H groups in total. The number of ether oxygens (including phenoxy) is 2. The lowest BCUT2D eigenvalue weighted by molar-refractivity contribution is 0.373. The minimum Gasteiger partial charge on any atom is -0.481 e. The van der Waals surface area contributed by atoms with Crippen LogP contribution >= 0.6 is 0 Å². The largest absolute Gasteiger partial charge is 0.481 e. The number of sulfonamides is 1. The Kier molecular flexibility index (Phi) is 4.22. The molecule has 0 saturated heterocycles. The molecule has 0 bridgehead atoms. The molecule has 0 saturated carbocycles. The maximum atomic E-state index is 12.5. The number of aryl methyl sites for hydroxylation is 2. The lowest BCUT2D eigenvalue weighted by Crippen LogP contribution is -2.17. The number of hydrogen-bond donors (Lipinski definition) is 1. The fraction of sp³-hybridized carbons (Fsp3) is 0.417. The van der Waals surface area contributed by atoms with E-state index >= 15 is 0 Å². The van der Waals surface area contributed by atoms with E-state index in [1.807, 2.05) is 0 Å². The highest BCUT2D eigenvalue weighted by Crippen LogP contribution is 2.23. The second-order valence-corrected chi connectivity index (χ2v) is 6.12. The molecule has 0 aliphatic carbocycles. The molecule has 0 atom stereocenters. The molecule has 10 heteroatoms. The molecule has 2 aromatic heterocycles. The summed E-state index contributed by atoms with van der Waals surface area (Å²) in [5.74, 6) is 0.229. The van der Waals surface area contributed by atoms with Gasteiger partial charge in [0, 0.05) is 7.05 Å². The molecule has 0 aliphatic heterocycles. The van der Waals surface area contributed by atoms with Crippen LogP contribution in [-0.4, -0.2) is 42.4 Å². The SMILES string of the molecule is COc1cc(OC)nc(NS(=O)(=O)c2c(C)nn(C)c2C)n1. The van der Waals surface area contributed by atoms with E-state index < -0.39 is 10.0 Å². The number of aromatic nitrogens is 4. The van der Waals surface area contributed by atoms with Crippen LogP contribution in [0.3, 0.4) is 0 Å². The molecule has 0 radical (unpaired) electrons. The fourth-order valence-corrected chi connectivity index (χ4v) is 3.36. The van der Waals surface area contributed by atoms with E-state index in [9.17, 15) is 8.42 Å². The standard InChI is InChI=1S/C12H17N5O4S/c1-7-11(8(2)17(3)15-7)22(18,19)16-12-13-9(20-4)6-10(14-12)21-5/h6H,1-5H3,(H,13,14,16). The first-order valence-electron chi connectivity index (χ1n) is 6.28. The number of nitrogens with one attached hydrogen (secondary N) is 1. The Morgan fingerprint density at radius 1 is 1.14 bits per heavy atom. The van der Waals surface area contributed by atoms with E-state index in [0.717, 1.165) is 0 Å². The van der Waals surface area contributed by atoms with Crippen molar-refractivity contribution in [1.29, 1.82) is 0 Å². The zero-order valence-electron chi connectivity index (χ0n) is 12.9. The summed E-state index contributed by atoms with van der Waals surface area (Å²) in [5.41, 5.74) is 0.905. The van der Waals surface area contributed by atoms with Crippen LogP contribution in [0.25, 0.3) is 0 Å². The van der Waals surface area contributed by atoms with Gasteiger partial charge in [0.15, 0.2) is 0 Å². The lowest BCUT2D eigenvalue weighted by atomic mass is 10.4. The van der Waals surface area contributed by atoms with Gasteiger partial charge in [0.05, 0.1) is 31.7 Å². The third-order valence-corrected chi connectivity index (χ3v) is 4.61. The van der Waals surface area contributed by atoms with E-state index in [1.54, 1.807) is 20.9 Å². The highest BCUT2D eigenvalue weighted by molar-refractivity contribution is 7.92. The quantitative estimate of drug-likeness (QED) is 0.858. The van der Waals surface area contributed by atoms with Crippen LogP contribution in [0.4, 0.5) is 5.95 Å². The smallest absolute Gasteiger partial charge is 0.267 e. The van der Waals surface area contributed by atoms with E-state index in [2.05, 4.69) is 19.8 Å². The summed E-state index contributed by atoms with van der Waals surface area (Å²) in [4.78, 5) is 7.99. The molecule has 2 heterocycles. The molecular weight excluding hydrogens is 310 g/mol. The van der Waals surface area contributed by atoms with Gasteiger partial charge in [-0.3, -0.25) is 4.68 Å². The minimum atomic E-state index is -3.87. The average Bonchev–Trinajstić information content (AvgIpc) is 2.71. The molecular formula is C12H17N5O4S. The summed E-state index contributed by atoms with van der Waals surface area (Å²) >= 11 is 0. The van der Waals surface area contributed by atoms with Crippen LogP contribution < -0.4 is 14.2 Å². The fourth-order valence-electron chi connectivity index (χ4n) is 1.97. The zero-order chi connectivity index (χ0) is 16.5. The van der Waals surface area contributed by atoms with Crippen molar-refractivity contribution in [3.05, 3.63) is 17.5 Å². The Morgan fingerprint density at radius 2 is 1.68 bits per heavy atom. The second-order valence-electron chi connectivity index (χ2n) is 4.51. The summed E-state index contributed by atoms with van der Waals surface area (Å²) in [5, 5.41) is 4.09. The van der Waals surface area contributed by atoms with Crippen LogP contribution in [0.1, 0.15) is 11.4 Å². The van der Waals surface area contributed by atoms with Gasteiger partial charge in [-0.05, 0) is 13.8 Å². The normalized spacial score (nSPS) is 11.3. The Hall–Kier alpha value is -2.36. The molecule has 0 spiro atoms. The Balaban J connectivity index is 2.45. The van der Waals surface area contributed by atoms with Gasteiger partial charge in [0.1, 0.15) is 4.90 Å². The van der Waals surface area contributed by atoms with Gasteiger partial charge in [-0.2, -0.15) is 15.1 Å². The van der Waals surface area contributed by atoms with Gasteiger partial charge in [0.2, 0.25) is 17.7 Å². The molecule has 0 aromatic carbocycles. The average molecular weight is 327 g/mol. The van der Waals surface area contributed by atoms with Gasteiger partial charge in [0.25, 0.3) is 10.0 Å². The first-order chi connectivity index (χ1) is 10.3. The first-order valence-corrected chi connectivity index (χ1v) is 7.77. The predicted molar refractivity (Wildman–Crippen MR) is 78.6 cm³/mol. The molecule has 2 aromatic rings. The summed E-state index contributed by atoms with van der Waals surface area (Å²) in [6, 6.07) is 1.44. The number of anilines is 1. The predicted octanol–water partition coefficient (Wildman–Crippen LogP) is 0.645. The number of nitrogens with zero attached hydrogens (tertiary/aromatic N) is 4. The molecule has 9 nitrogen and oxygen atoms in total. The summed E-state index contributed by atoms with van der Waals surface area (Å²) < 4.78 is 38.8. The highest BCUT2D eigenvalue weighted by atomic mass is 32.2. The van der Waals surface area contributed by atoms with Crippen LogP contribution in [0, 0.1) is 13.8 Å². The van der Waals surface area contributed by atoms with E-state index in [4.69, 9.17) is 9.47 Å². The van der Waals surface area contributed by atoms with Gasteiger partial charge in [-0.1, -0.05) is 0 Å². The molecule has 0 unspecified atom stereocenters. The monoisotopic (exact) mass is 327 g/mol. The third kappa shape index (κ3) is 2.96. The number of rotatable bonds is 5. The number of methoxy groups -OCH3 is 2. The van der Waals surface area contributed by atoms with E-state index in [0.29, 0.717) is 11.4 Å². The second kappa shape index (κ2) is 5.79. The zero-order valence-corrected chi connectivity index (χ0v) is 13.7. The summed E-state index contributed by atoms with van der Waals surface area (Å²) in [7, 11) is 0.624. The van der Waals surface area contributed by atoms with E-state index in [1.165, 1.54) is 25.0 Å². The van der Waals surface area contributed by atoms with Crippen molar-refractivity contribution in [1.82, 2.24) is 19.7 Å². The topological polar surface area (TPSA) is 108 Å². The first kappa shape index (κ1) is 16.0. The van der Waals surface area contributed by atoms with Crippen molar-refractivity contribution >= 4 is 16.0 Å². The van der Waals surface area contributed by atoms with Crippen molar-refractivity contribution in [2.24, 2.45) is 7.05 Å². The van der Waals surface area contributed by atoms with Crippen molar-refractivity contribution in [3.8, 4) is 11.8 Å². The van der Waals surface area contributed by atoms with Crippen molar-refractivity contribution < 1.29 is 17.9 Å². The Bertz CT molecular complexity index is 778. The molecule has 0 amide bonds. The van der Waals surface area contributed by atoms with Gasteiger partial charge in [-0.15, -0.1) is 0 Å². The van der Waals surface area contributed by atoms with Crippen molar-refractivity contribution in [2.75, 3.05) is 18.9 Å². The molecule has 0 fully saturated rings. The van der Waals surface area contributed by atoms with Crippen LogP contribution in [0.5, 0.6) is 11.8 Å². The molecule has 0 aliphatic rings. The Morgan fingerprint density at radius 3 is 2.09 bits per heavy atom. The van der Waals surface area contributed by atoms with Crippen LogP contribution in [0.2, 0.25) is 0 Å². The Labute approximate surface area is 128 Å². The molecule has 22 heavy (non-hydrogen) atoms. The third-order valence-electron chi connectivity index (χ3n) is 3.03. The molecule has 120 valence electrons. The summed E-state index contributed by atoms with van der Waals surface area (Å²) in [6.07, 6.45) is 0. The number of hydrogen-bond acceptors (Lipinski definition) is 7. The minimum absolute atomic E-state index is 0.0976. The van der Waals surface area contributed by atoms with Crippen molar-refractivity contribution in [2.45, 2.75) is 18.7 Å². The van der Waals surface area contributed by atoms with E-state index in [-0.39, 0.29) is 22.6 Å². The van der Waals surface area contributed by atoms with Gasteiger partial charge in [-0.25, -0.2) is 13.1 Å². The lowest BCUT2D eigenvalue weighted by Gasteiger charge is -2.09. The summed E-state index contributed by atoms with van der Waals surface area (Å²) in [6.45, 7) is 3.29. The maximum absolute atomic E-state index is 12.5. The van der Waals surface area contributed by atoms with Crippen molar-refractivity contribution in [3.63, 3.8) is 0 Å².